The highest BCUT2D eigenvalue weighted by molar-refractivity contribution is 7.89. The summed E-state index contributed by atoms with van der Waals surface area (Å²) in [4.78, 5) is 13.1. The van der Waals surface area contributed by atoms with Crippen molar-refractivity contribution in [3.63, 3.8) is 0 Å². The molecule has 118 valence electrons. The lowest BCUT2D eigenvalue weighted by Crippen LogP contribution is -2.28. The molecule has 0 radical (unpaired) electrons. The molecule has 0 spiro atoms. The maximum atomic E-state index is 11.2. The molecule has 0 aliphatic carbocycles. The summed E-state index contributed by atoms with van der Waals surface area (Å²) in [6, 6.07) is 3.55. The Labute approximate surface area is 124 Å². The molecule has 0 aromatic heterocycles. The molecular weight excluding hydrogens is 296 g/mol. The molecule has 8 heteroatoms. The fraction of sp³-hybridized carbons (Fsp3) is 0.462. The second-order valence-corrected chi connectivity index (χ2v) is 5.94. The molecule has 1 rings (SSSR count). The first-order valence-corrected chi connectivity index (χ1v) is 8.09. The van der Waals surface area contributed by atoms with E-state index in [4.69, 9.17) is 15.0 Å². The molecule has 0 fully saturated rings. The predicted octanol–water partition coefficient (Wildman–Crippen LogP) is 0.753. The first-order chi connectivity index (χ1) is 9.79. The number of ether oxygens (including phenoxy) is 1. The van der Waals surface area contributed by atoms with Crippen LogP contribution in [0.15, 0.2) is 23.1 Å². The number of aromatic carboxylic acids is 1. The zero-order valence-corrected chi connectivity index (χ0v) is 12.9. The van der Waals surface area contributed by atoms with E-state index in [2.05, 4.69) is 4.90 Å². The van der Waals surface area contributed by atoms with Gasteiger partial charge in [0.05, 0.1) is 4.90 Å². The number of carbonyl (C=O) groups is 1. The molecule has 1 aromatic rings. The molecule has 0 unspecified atom stereocenters. The van der Waals surface area contributed by atoms with Gasteiger partial charge in [0.15, 0.2) is 0 Å². The van der Waals surface area contributed by atoms with E-state index in [0.29, 0.717) is 13.2 Å². The lowest BCUT2D eigenvalue weighted by atomic mass is 10.2. The highest BCUT2D eigenvalue weighted by Crippen LogP contribution is 2.22. The largest absolute Gasteiger partial charge is 0.491 e. The van der Waals surface area contributed by atoms with Crippen LogP contribution < -0.4 is 9.88 Å². The molecule has 0 bridgehead atoms. The smallest absolute Gasteiger partial charge is 0.339 e. The van der Waals surface area contributed by atoms with E-state index in [1.54, 1.807) is 0 Å². The molecule has 0 saturated heterocycles. The number of hydrogen-bond donors (Lipinski definition) is 2. The van der Waals surface area contributed by atoms with Crippen LogP contribution in [0, 0.1) is 0 Å². The molecule has 0 aliphatic heterocycles. The predicted molar refractivity (Wildman–Crippen MR) is 78.1 cm³/mol. The molecule has 0 aliphatic rings. The highest BCUT2D eigenvalue weighted by Gasteiger charge is 2.17. The van der Waals surface area contributed by atoms with Crippen molar-refractivity contribution in [2.24, 2.45) is 5.14 Å². The van der Waals surface area contributed by atoms with Crippen molar-refractivity contribution in [1.82, 2.24) is 4.90 Å². The van der Waals surface area contributed by atoms with Crippen LogP contribution in [0.5, 0.6) is 5.75 Å². The Morgan fingerprint density at radius 1 is 1.33 bits per heavy atom. The summed E-state index contributed by atoms with van der Waals surface area (Å²) < 4.78 is 27.9. The normalized spacial score (nSPS) is 11.6. The van der Waals surface area contributed by atoms with Crippen LogP contribution in [0.1, 0.15) is 24.2 Å². The third kappa shape index (κ3) is 5.00. The Balaban J connectivity index is 2.90. The van der Waals surface area contributed by atoms with E-state index in [9.17, 15) is 13.2 Å². The Morgan fingerprint density at radius 3 is 2.43 bits per heavy atom. The summed E-state index contributed by atoms with van der Waals surface area (Å²) in [6.45, 7) is 6.76. The number of rotatable bonds is 8. The number of carboxylic acid groups (broad SMARTS) is 1. The van der Waals surface area contributed by atoms with Gasteiger partial charge in [-0.05, 0) is 31.3 Å². The molecule has 3 N–H and O–H groups in total. The molecular formula is C13H20N2O5S. The Hall–Kier alpha value is -1.64. The number of nitrogens with zero attached hydrogens (tertiary/aromatic N) is 1. The molecule has 1 aromatic carbocycles. The van der Waals surface area contributed by atoms with E-state index < -0.39 is 16.0 Å². The molecule has 0 amide bonds. The van der Waals surface area contributed by atoms with Gasteiger partial charge >= 0.3 is 5.97 Å². The standard InChI is InChI=1S/C13H20N2O5S/c1-3-15(4-2)7-8-20-12-6-5-10(21(14,18)19)9-11(12)13(16)17/h5-6,9H,3-4,7-8H2,1-2H3,(H,16,17)(H2,14,18,19). The quantitative estimate of drug-likeness (QED) is 0.732. The van der Waals surface area contributed by atoms with Gasteiger partial charge in [-0.3, -0.25) is 0 Å². The summed E-state index contributed by atoms with van der Waals surface area (Å²) in [6.07, 6.45) is 0. The van der Waals surface area contributed by atoms with Crippen molar-refractivity contribution in [2.45, 2.75) is 18.7 Å². The third-order valence-electron chi connectivity index (χ3n) is 3.07. The zero-order chi connectivity index (χ0) is 16.0. The molecule has 0 heterocycles. The first-order valence-electron chi connectivity index (χ1n) is 6.54. The Bertz CT molecular complexity index is 597. The number of nitrogens with two attached hydrogens (primary N) is 1. The lowest BCUT2D eigenvalue weighted by molar-refractivity contribution is 0.0691. The van der Waals surface area contributed by atoms with Crippen LogP contribution in [0.2, 0.25) is 0 Å². The SMILES string of the molecule is CCN(CC)CCOc1ccc(S(N)(=O)=O)cc1C(=O)O. The van der Waals surface area contributed by atoms with E-state index in [-0.39, 0.29) is 16.2 Å². The van der Waals surface area contributed by atoms with E-state index in [1.165, 1.54) is 12.1 Å². The summed E-state index contributed by atoms with van der Waals surface area (Å²) >= 11 is 0. The molecule has 0 atom stereocenters. The van der Waals surface area contributed by atoms with Gasteiger partial charge in [-0.2, -0.15) is 0 Å². The highest BCUT2D eigenvalue weighted by atomic mass is 32.2. The monoisotopic (exact) mass is 316 g/mol. The molecule has 21 heavy (non-hydrogen) atoms. The number of hydrogen-bond acceptors (Lipinski definition) is 5. The summed E-state index contributed by atoms with van der Waals surface area (Å²) in [5, 5.41) is 14.1. The summed E-state index contributed by atoms with van der Waals surface area (Å²) in [5.74, 6) is -1.14. The Kier molecular flexibility index (Phi) is 6.13. The Morgan fingerprint density at radius 2 is 1.95 bits per heavy atom. The second kappa shape index (κ2) is 7.39. The van der Waals surface area contributed by atoms with Gasteiger partial charge in [0.2, 0.25) is 10.0 Å². The number of sulfonamides is 1. The van der Waals surface area contributed by atoms with Gasteiger partial charge in [0, 0.05) is 6.54 Å². The van der Waals surface area contributed by atoms with Crippen molar-refractivity contribution >= 4 is 16.0 Å². The second-order valence-electron chi connectivity index (χ2n) is 4.38. The minimum Gasteiger partial charge on any atom is -0.491 e. The van der Waals surface area contributed by atoms with Crippen LogP contribution in [-0.4, -0.2) is 50.6 Å². The molecule has 7 nitrogen and oxygen atoms in total. The first kappa shape index (κ1) is 17.4. The third-order valence-corrected chi connectivity index (χ3v) is 3.98. The maximum Gasteiger partial charge on any atom is 0.339 e. The number of carboxylic acids is 1. The van der Waals surface area contributed by atoms with Gasteiger partial charge in [-0.15, -0.1) is 0 Å². The fourth-order valence-electron chi connectivity index (χ4n) is 1.80. The van der Waals surface area contributed by atoms with Crippen molar-refractivity contribution < 1.29 is 23.1 Å². The van der Waals surface area contributed by atoms with Crippen molar-refractivity contribution in [3.8, 4) is 5.75 Å². The van der Waals surface area contributed by atoms with Crippen molar-refractivity contribution in [3.05, 3.63) is 23.8 Å². The average Bonchev–Trinajstić information content (AvgIpc) is 2.42. The zero-order valence-electron chi connectivity index (χ0n) is 12.1. The fourth-order valence-corrected chi connectivity index (χ4v) is 2.34. The summed E-state index contributed by atoms with van der Waals surface area (Å²) in [5.41, 5.74) is -0.221. The van der Waals surface area contributed by atoms with Crippen LogP contribution >= 0.6 is 0 Å². The van der Waals surface area contributed by atoms with Crippen LogP contribution in [0.3, 0.4) is 0 Å². The van der Waals surface area contributed by atoms with Gasteiger partial charge in [-0.25, -0.2) is 18.4 Å². The minimum atomic E-state index is -3.94. The van der Waals surface area contributed by atoms with Crippen LogP contribution in [0.25, 0.3) is 0 Å². The summed E-state index contributed by atoms with van der Waals surface area (Å²) in [7, 11) is -3.94. The van der Waals surface area contributed by atoms with Gasteiger partial charge in [0.25, 0.3) is 0 Å². The van der Waals surface area contributed by atoms with E-state index in [1.807, 2.05) is 13.8 Å². The van der Waals surface area contributed by atoms with Crippen molar-refractivity contribution in [2.75, 3.05) is 26.2 Å². The average molecular weight is 316 g/mol. The van der Waals surface area contributed by atoms with E-state index in [0.717, 1.165) is 19.2 Å². The number of primary sulfonamides is 1. The maximum absolute atomic E-state index is 11.2. The number of likely N-dealkylation sites (N-methyl/N-ethyl adjacent to an activating group) is 1. The van der Waals surface area contributed by atoms with Crippen LogP contribution in [-0.2, 0) is 10.0 Å². The van der Waals surface area contributed by atoms with Gasteiger partial charge < -0.3 is 14.7 Å². The molecule has 0 saturated carbocycles. The van der Waals surface area contributed by atoms with E-state index >= 15 is 0 Å². The lowest BCUT2D eigenvalue weighted by Gasteiger charge is -2.18. The van der Waals surface area contributed by atoms with Gasteiger partial charge in [0.1, 0.15) is 17.9 Å². The van der Waals surface area contributed by atoms with Crippen LogP contribution in [0.4, 0.5) is 0 Å². The topological polar surface area (TPSA) is 110 Å². The minimum absolute atomic E-state index is 0.127. The number of benzene rings is 1. The van der Waals surface area contributed by atoms with Gasteiger partial charge in [-0.1, -0.05) is 13.8 Å². The van der Waals surface area contributed by atoms with Crippen molar-refractivity contribution in [1.29, 1.82) is 0 Å².